The van der Waals surface area contributed by atoms with Crippen LogP contribution in [0.4, 0.5) is 0 Å². The van der Waals surface area contributed by atoms with E-state index in [-0.39, 0.29) is 6.04 Å². The molecule has 0 bridgehead atoms. The molecule has 1 aromatic heterocycles. The summed E-state index contributed by atoms with van der Waals surface area (Å²) in [6, 6.07) is 2.57. The average Bonchev–Trinajstić information content (AvgIpc) is 2.62. The van der Waals surface area contributed by atoms with Crippen molar-refractivity contribution in [3.8, 4) is 0 Å². The van der Waals surface area contributed by atoms with E-state index in [0.717, 1.165) is 11.8 Å². The molecule has 0 aliphatic heterocycles. The molecule has 1 aliphatic rings. The van der Waals surface area contributed by atoms with Gasteiger partial charge in [0, 0.05) is 15.8 Å². The van der Waals surface area contributed by atoms with Gasteiger partial charge in [-0.25, -0.2) is 0 Å². The van der Waals surface area contributed by atoms with Crippen molar-refractivity contribution in [2.75, 3.05) is 0 Å². The fraction of sp³-hybridized carbons (Fsp3) is 0.733. The quantitative estimate of drug-likeness (QED) is 0.826. The van der Waals surface area contributed by atoms with Crippen LogP contribution in [0.2, 0.25) is 0 Å². The lowest BCUT2D eigenvalue weighted by Gasteiger charge is -2.35. The molecule has 96 valence electrons. The Hall–Kier alpha value is -0.340. The first-order valence-corrected chi connectivity index (χ1v) is 7.63. The first kappa shape index (κ1) is 13.1. The van der Waals surface area contributed by atoms with Gasteiger partial charge in [-0.15, -0.1) is 11.3 Å². The SMILES string of the molecule is Cc1cc(C(N)C2CCC(C)C(C)C2)sc1C. The Morgan fingerprint density at radius 2 is 1.94 bits per heavy atom. The third-order valence-electron chi connectivity index (χ3n) is 4.66. The zero-order chi connectivity index (χ0) is 12.6. The van der Waals surface area contributed by atoms with Crippen molar-refractivity contribution < 1.29 is 0 Å². The van der Waals surface area contributed by atoms with Crippen LogP contribution in [0.3, 0.4) is 0 Å². The molecule has 0 radical (unpaired) electrons. The van der Waals surface area contributed by atoms with Gasteiger partial charge in [0.2, 0.25) is 0 Å². The summed E-state index contributed by atoms with van der Waals surface area (Å²) in [5.41, 5.74) is 7.87. The van der Waals surface area contributed by atoms with Gasteiger partial charge in [-0.3, -0.25) is 0 Å². The molecule has 1 heterocycles. The Balaban J connectivity index is 2.07. The molecule has 0 spiro atoms. The van der Waals surface area contributed by atoms with E-state index in [1.807, 2.05) is 11.3 Å². The summed E-state index contributed by atoms with van der Waals surface area (Å²) in [5, 5.41) is 0. The summed E-state index contributed by atoms with van der Waals surface area (Å²) in [5.74, 6) is 2.41. The van der Waals surface area contributed by atoms with Crippen molar-refractivity contribution in [1.82, 2.24) is 0 Å². The summed E-state index contributed by atoms with van der Waals surface area (Å²) in [6.45, 7) is 9.15. The third-order valence-corrected chi connectivity index (χ3v) is 5.91. The summed E-state index contributed by atoms with van der Waals surface area (Å²) < 4.78 is 0. The minimum absolute atomic E-state index is 0.266. The highest BCUT2D eigenvalue weighted by Gasteiger charge is 2.29. The number of hydrogen-bond acceptors (Lipinski definition) is 2. The third kappa shape index (κ3) is 2.74. The van der Waals surface area contributed by atoms with Crippen LogP contribution in [0, 0.1) is 31.6 Å². The Bertz CT molecular complexity index is 363. The number of aryl methyl sites for hydroxylation is 2. The van der Waals surface area contributed by atoms with Crippen molar-refractivity contribution in [2.45, 2.75) is 53.0 Å². The predicted molar refractivity (Wildman–Crippen MR) is 76.4 cm³/mol. The highest BCUT2D eigenvalue weighted by molar-refractivity contribution is 7.12. The van der Waals surface area contributed by atoms with Crippen LogP contribution >= 0.6 is 11.3 Å². The van der Waals surface area contributed by atoms with Crippen molar-refractivity contribution in [3.05, 3.63) is 21.4 Å². The molecule has 1 aliphatic carbocycles. The second-order valence-electron chi connectivity index (χ2n) is 5.94. The maximum atomic E-state index is 6.47. The standard InChI is InChI=1S/C15H25NS/c1-9-5-6-13(7-10(9)2)15(16)14-8-11(3)12(4)17-14/h8-10,13,15H,5-7,16H2,1-4H3. The monoisotopic (exact) mass is 251 g/mol. The molecule has 17 heavy (non-hydrogen) atoms. The van der Waals surface area contributed by atoms with Crippen molar-refractivity contribution in [1.29, 1.82) is 0 Å². The molecule has 1 fully saturated rings. The van der Waals surface area contributed by atoms with E-state index in [9.17, 15) is 0 Å². The minimum atomic E-state index is 0.266. The first-order chi connectivity index (χ1) is 7.99. The van der Waals surface area contributed by atoms with E-state index in [1.54, 1.807) is 0 Å². The Kier molecular flexibility index (Phi) is 3.94. The lowest BCUT2D eigenvalue weighted by atomic mass is 9.73. The highest BCUT2D eigenvalue weighted by atomic mass is 32.1. The lowest BCUT2D eigenvalue weighted by molar-refractivity contribution is 0.187. The molecule has 4 unspecified atom stereocenters. The number of hydrogen-bond donors (Lipinski definition) is 1. The smallest absolute Gasteiger partial charge is 0.0418 e. The topological polar surface area (TPSA) is 26.0 Å². The summed E-state index contributed by atoms with van der Waals surface area (Å²) in [7, 11) is 0. The van der Waals surface area contributed by atoms with Crippen molar-refractivity contribution in [2.24, 2.45) is 23.5 Å². The maximum absolute atomic E-state index is 6.47. The van der Waals surface area contributed by atoms with E-state index in [0.29, 0.717) is 5.92 Å². The van der Waals surface area contributed by atoms with Crippen LogP contribution in [-0.4, -0.2) is 0 Å². The zero-order valence-corrected chi connectivity index (χ0v) is 12.3. The van der Waals surface area contributed by atoms with Gasteiger partial charge in [-0.1, -0.05) is 20.3 Å². The van der Waals surface area contributed by atoms with Crippen LogP contribution in [0.15, 0.2) is 6.07 Å². The van der Waals surface area contributed by atoms with Gasteiger partial charge in [0.05, 0.1) is 0 Å². The van der Waals surface area contributed by atoms with Gasteiger partial charge in [-0.2, -0.15) is 0 Å². The number of nitrogens with two attached hydrogens (primary N) is 1. The molecule has 4 atom stereocenters. The molecular formula is C15H25NS. The molecule has 0 saturated heterocycles. The van der Waals surface area contributed by atoms with E-state index in [2.05, 4.69) is 33.8 Å². The Labute approximate surface area is 109 Å². The molecule has 2 rings (SSSR count). The Morgan fingerprint density at radius 3 is 2.47 bits per heavy atom. The predicted octanol–water partition coefficient (Wildman–Crippen LogP) is 4.44. The van der Waals surface area contributed by atoms with Gasteiger partial charge in [0.1, 0.15) is 0 Å². The molecule has 1 aromatic rings. The second kappa shape index (κ2) is 5.11. The second-order valence-corrected chi connectivity index (χ2v) is 7.23. The van der Waals surface area contributed by atoms with Crippen LogP contribution in [-0.2, 0) is 0 Å². The summed E-state index contributed by atoms with van der Waals surface area (Å²) >= 11 is 1.89. The van der Waals surface area contributed by atoms with Gasteiger partial charge < -0.3 is 5.73 Å². The van der Waals surface area contributed by atoms with Gasteiger partial charge in [0.25, 0.3) is 0 Å². The maximum Gasteiger partial charge on any atom is 0.0418 e. The van der Waals surface area contributed by atoms with Gasteiger partial charge >= 0.3 is 0 Å². The molecule has 0 amide bonds. The first-order valence-electron chi connectivity index (χ1n) is 6.81. The van der Waals surface area contributed by atoms with Crippen LogP contribution in [0.1, 0.15) is 54.5 Å². The van der Waals surface area contributed by atoms with Gasteiger partial charge in [-0.05, 0) is 56.1 Å². The van der Waals surface area contributed by atoms with Gasteiger partial charge in [0.15, 0.2) is 0 Å². The zero-order valence-electron chi connectivity index (χ0n) is 11.5. The van der Waals surface area contributed by atoms with Crippen LogP contribution < -0.4 is 5.73 Å². The Morgan fingerprint density at radius 1 is 1.24 bits per heavy atom. The molecule has 0 aromatic carbocycles. The van der Waals surface area contributed by atoms with E-state index in [4.69, 9.17) is 5.73 Å². The van der Waals surface area contributed by atoms with E-state index >= 15 is 0 Å². The van der Waals surface area contributed by atoms with Crippen molar-refractivity contribution >= 4 is 11.3 Å². The number of thiophene rings is 1. The van der Waals surface area contributed by atoms with E-state index < -0.39 is 0 Å². The molecular weight excluding hydrogens is 226 g/mol. The van der Waals surface area contributed by atoms with E-state index in [1.165, 1.54) is 34.6 Å². The van der Waals surface area contributed by atoms with Crippen molar-refractivity contribution in [3.63, 3.8) is 0 Å². The lowest BCUT2D eigenvalue weighted by Crippen LogP contribution is -2.28. The average molecular weight is 251 g/mol. The number of rotatable bonds is 2. The normalized spacial score (nSPS) is 31.5. The molecule has 1 saturated carbocycles. The molecule has 2 N–H and O–H groups in total. The molecule has 1 nitrogen and oxygen atoms in total. The molecule has 2 heteroatoms. The minimum Gasteiger partial charge on any atom is -0.323 e. The van der Waals surface area contributed by atoms with Crippen LogP contribution in [0.5, 0.6) is 0 Å². The largest absolute Gasteiger partial charge is 0.323 e. The fourth-order valence-electron chi connectivity index (χ4n) is 2.91. The fourth-order valence-corrected chi connectivity index (χ4v) is 4.05. The van der Waals surface area contributed by atoms with Crippen LogP contribution in [0.25, 0.3) is 0 Å². The highest BCUT2D eigenvalue weighted by Crippen LogP contribution is 2.40. The summed E-state index contributed by atoms with van der Waals surface area (Å²) in [6.07, 6.45) is 3.96. The summed E-state index contributed by atoms with van der Waals surface area (Å²) in [4.78, 5) is 2.82.